The lowest BCUT2D eigenvalue weighted by atomic mass is 9.75. The number of fused-ring (bicyclic) bond motifs is 1. The summed E-state index contributed by atoms with van der Waals surface area (Å²) in [5.74, 6) is 1.88. The van der Waals surface area contributed by atoms with Crippen LogP contribution in [-0.2, 0) is 0 Å². The third-order valence-electron chi connectivity index (χ3n) is 4.69. The zero-order chi connectivity index (χ0) is 12.4. The highest BCUT2D eigenvalue weighted by atomic mass is 16.1. The summed E-state index contributed by atoms with van der Waals surface area (Å²) in [5, 5.41) is 0. The molecule has 1 saturated carbocycles. The number of aldehydes is 1. The van der Waals surface area contributed by atoms with E-state index in [9.17, 15) is 4.79 Å². The number of anilines is 1. The van der Waals surface area contributed by atoms with Crippen LogP contribution in [0, 0.1) is 11.8 Å². The third kappa shape index (κ3) is 2.29. The quantitative estimate of drug-likeness (QED) is 0.741. The molecule has 0 aromatic heterocycles. The van der Waals surface area contributed by atoms with Gasteiger partial charge in [0.15, 0.2) is 0 Å². The Hall–Kier alpha value is -1.31. The van der Waals surface area contributed by atoms with E-state index in [2.05, 4.69) is 17.0 Å². The highest BCUT2D eigenvalue weighted by molar-refractivity contribution is 5.75. The minimum absolute atomic E-state index is 0.770. The Bertz CT molecular complexity index is 412. The first-order valence-electron chi connectivity index (χ1n) is 7.17. The van der Waals surface area contributed by atoms with Crippen LogP contribution in [0.1, 0.15) is 42.5 Å². The molecule has 2 aliphatic rings. The SMILES string of the molecule is O=Cc1ccc(N2CCC3CCCCC3C2)cc1. The fourth-order valence-electron chi connectivity index (χ4n) is 3.60. The molecule has 3 rings (SSSR count). The molecule has 2 fully saturated rings. The van der Waals surface area contributed by atoms with Gasteiger partial charge in [-0.15, -0.1) is 0 Å². The van der Waals surface area contributed by atoms with Crippen LogP contribution >= 0.6 is 0 Å². The molecule has 2 atom stereocenters. The number of piperidine rings is 1. The Morgan fingerprint density at radius 1 is 1.00 bits per heavy atom. The van der Waals surface area contributed by atoms with Gasteiger partial charge in [0.2, 0.25) is 0 Å². The second kappa shape index (κ2) is 5.13. The number of nitrogens with zero attached hydrogens (tertiary/aromatic N) is 1. The van der Waals surface area contributed by atoms with Crippen molar-refractivity contribution in [3.05, 3.63) is 29.8 Å². The van der Waals surface area contributed by atoms with Crippen LogP contribution in [0.5, 0.6) is 0 Å². The molecular formula is C16H21NO. The lowest BCUT2D eigenvalue weighted by Crippen LogP contribution is -2.41. The molecule has 2 nitrogen and oxygen atoms in total. The highest BCUT2D eigenvalue weighted by Gasteiger charge is 2.30. The minimum atomic E-state index is 0.770. The topological polar surface area (TPSA) is 20.3 Å². The molecule has 1 aliphatic carbocycles. The predicted octanol–water partition coefficient (Wildman–Crippen LogP) is 3.52. The van der Waals surface area contributed by atoms with Crippen molar-refractivity contribution >= 4 is 12.0 Å². The molecule has 1 aliphatic heterocycles. The first-order chi connectivity index (χ1) is 8.86. The smallest absolute Gasteiger partial charge is 0.150 e. The number of carbonyl (C=O) groups excluding carboxylic acids is 1. The van der Waals surface area contributed by atoms with E-state index in [1.807, 2.05) is 12.1 Å². The molecule has 1 aromatic carbocycles. The number of carbonyl (C=O) groups is 1. The summed E-state index contributed by atoms with van der Waals surface area (Å²) < 4.78 is 0. The highest BCUT2D eigenvalue weighted by Crippen LogP contribution is 2.37. The Labute approximate surface area is 109 Å². The molecule has 18 heavy (non-hydrogen) atoms. The van der Waals surface area contributed by atoms with Crippen molar-refractivity contribution in [3.63, 3.8) is 0 Å². The summed E-state index contributed by atoms with van der Waals surface area (Å²) in [7, 11) is 0. The summed E-state index contributed by atoms with van der Waals surface area (Å²) in [5.41, 5.74) is 2.05. The molecule has 1 heterocycles. The fraction of sp³-hybridized carbons (Fsp3) is 0.562. The van der Waals surface area contributed by atoms with Gasteiger partial charge in [0.1, 0.15) is 6.29 Å². The molecule has 0 spiro atoms. The van der Waals surface area contributed by atoms with Gasteiger partial charge in [0, 0.05) is 24.3 Å². The normalized spacial score (nSPS) is 27.7. The zero-order valence-corrected chi connectivity index (χ0v) is 10.8. The van der Waals surface area contributed by atoms with E-state index in [1.165, 1.54) is 50.9 Å². The summed E-state index contributed by atoms with van der Waals surface area (Å²) >= 11 is 0. The van der Waals surface area contributed by atoms with E-state index in [0.717, 1.165) is 23.7 Å². The standard InChI is InChI=1S/C16H21NO/c18-12-13-5-7-16(8-6-13)17-10-9-14-3-1-2-4-15(14)11-17/h5-8,12,14-15H,1-4,9-11H2. The van der Waals surface area contributed by atoms with Crippen molar-refractivity contribution in [3.8, 4) is 0 Å². The van der Waals surface area contributed by atoms with Crippen molar-refractivity contribution in [1.82, 2.24) is 0 Å². The van der Waals surface area contributed by atoms with Crippen LogP contribution in [0.2, 0.25) is 0 Å². The Kier molecular flexibility index (Phi) is 3.35. The Morgan fingerprint density at radius 2 is 1.72 bits per heavy atom. The van der Waals surface area contributed by atoms with Crippen LogP contribution in [0.25, 0.3) is 0 Å². The largest absolute Gasteiger partial charge is 0.371 e. The van der Waals surface area contributed by atoms with Crippen molar-refractivity contribution in [2.45, 2.75) is 32.1 Å². The molecule has 2 unspecified atom stereocenters. The van der Waals surface area contributed by atoms with Gasteiger partial charge in [-0.25, -0.2) is 0 Å². The van der Waals surface area contributed by atoms with Gasteiger partial charge in [-0.3, -0.25) is 4.79 Å². The third-order valence-corrected chi connectivity index (χ3v) is 4.69. The van der Waals surface area contributed by atoms with Crippen LogP contribution < -0.4 is 4.90 Å². The monoisotopic (exact) mass is 243 g/mol. The van der Waals surface area contributed by atoms with Crippen LogP contribution in [0.15, 0.2) is 24.3 Å². The number of benzene rings is 1. The van der Waals surface area contributed by atoms with E-state index >= 15 is 0 Å². The van der Waals surface area contributed by atoms with Gasteiger partial charge in [0.05, 0.1) is 0 Å². The fourth-order valence-corrected chi connectivity index (χ4v) is 3.60. The molecule has 0 bridgehead atoms. The van der Waals surface area contributed by atoms with Crippen LogP contribution in [0.3, 0.4) is 0 Å². The summed E-state index contributed by atoms with van der Waals surface area (Å²) in [6.07, 6.45) is 7.97. The number of hydrogen-bond donors (Lipinski definition) is 0. The van der Waals surface area contributed by atoms with Gasteiger partial charge in [-0.2, -0.15) is 0 Å². The first kappa shape index (κ1) is 11.8. The van der Waals surface area contributed by atoms with Gasteiger partial charge >= 0.3 is 0 Å². The molecule has 96 valence electrons. The molecule has 0 amide bonds. The lowest BCUT2D eigenvalue weighted by Gasteiger charge is -2.42. The Morgan fingerprint density at radius 3 is 2.44 bits per heavy atom. The summed E-state index contributed by atoms with van der Waals surface area (Å²) in [6, 6.07) is 8.03. The maximum Gasteiger partial charge on any atom is 0.150 e. The van der Waals surface area contributed by atoms with Crippen molar-refractivity contribution < 1.29 is 4.79 Å². The lowest BCUT2D eigenvalue weighted by molar-refractivity contribution is 0.112. The molecule has 1 saturated heterocycles. The van der Waals surface area contributed by atoms with Crippen LogP contribution in [-0.4, -0.2) is 19.4 Å². The average Bonchev–Trinajstić information content (AvgIpc) is 2.47. The first-order valence-corrected chi connectivity index (χ1v) is 7.17. The summed E-state index contributed by atoms with van der Waals surface area (Å²) in [6.45, 7) is 2.40. The minimum Gasteiger partial charge on any atom is -0.371 e. The molecule has 0 N–H and O–H groups in total. The molecule has 0 radical (unpaired) electrons. The maximum absolute atomic E-state index is 10.7. The van der Waals surface area contributed by atoms with Gasteiger partial charge in [0.25, 0.3) is 0 Å². The maximum atomic E-state index is 10.7. The predicted molar refractivity (Wildman–Crippen MR) is 74.1 cm³/mol. The second-order valence-corrected chi connectivity index (χ2v) is 5.75. The van der Waals surface area contributed by atoms with E-state index < -0.39 is 0 Å². The number of rotatable bonds is 2. The van der Waals surface area contributed by atoms with Crippen molar-refractivity contribution in [2.24, 2.45) is 11.8 Å². The average molecular weight is 243 g/mol. The molecule has 1 aromatic rings. The van der Waals surface area contributed by atoms with Gasteiger partial charge in [-0.1, -0.05) is 19.3 Å². The van der Waals surface area contributed by atoms with Gasteiger partial charge in [-0.05, 0) is 48.9 Å². The second-order valence-electron chi connectivity index (χ2n) is 5.75. The van der Waals surface area contributed by atoms with E-state index in [0.29, 0.717) is 0 Å². The zero-order valence-electron chi connectivity index (χ0n) is 10.8. The molecular weight excluding hydrogens is 222 g/mol. The van der Waals surface area contributed by atoms with E-state index in [-0.39, 0.29) is 0 Å². The molecule has 2 heteroatoms. The van der Waals surface area contributed by atoms with E-state index in [4.69, 9.17) is 0 Å². The van der Waals surface area contributed by atoms with Crippen molar-refractivity contribution in [1.29, 1.82) is 0 Å². The van der Waals surface area contributed by atoms with Gasteiger partial charge < -0.3 is 4.90 Å². The van der Waals surface area contributed by atoms with Crippen molar-refractivity contribution in [2.75, 3.05) is 18.0 Å². The van der Waals surface area contributed by atoms with Crippen LogP contribution in [0.4, 0.5) is 5.69 Å². The summed E-state index contributed by atoms with van der Waals surface area (Å²) in [4.78, 5) is 13.2. The Balaban J connectivity index is 1.70. The number of hydrogen-bond acceptors (Lipinski definition) is 2. The van der Waals surface area contributed by atoms with E-state index in [1.54, 1.807) is 0 Å².